The van der Waals surface area contributed by atoms with Crippen molar-refractivity contribution in [1.29, 1.82) is 0 Å². The number of fused-ring (bicyclic) bond motifs is 1. The van der Waals surface area contributed by atoms with Gasteiger partial charge in [-0.25, -0.2) is 18.7 Å². The Labute approximate surface area is 119 Å². The molecular formula is C15H9ClF2N2. The Kier molecular flexibility index (Phi) is 3.10. The third-order valence-corrected chi connectivity index (χ3v) is 3.32. The fraction of sp³-hybridized carbons (Fsp3) is 0.0667. The number of rotatable bonds is 1. The van der Waals surface area contributed by atoms with Crippen molar-refractivity contribution < 1.29 is 8.78 Å². The quantitative estimate of drug-likeness (QED) is 0.615. The zero-order chi connectivity index (χ0) is 14.3. The lowest BCUT2D eigenvalue weighted by molar-refractivity contribution is 0.628. The first-order chi connectivity index (χ1) is 9.56. The van der Waals surface area contributed by atoms with Gasteiger partial charge in [0.1, 0.15) is 22.3 Å². The summed E-state index contributed by atoms with van der Waals surface area (Å²) in [6.07, 6.45) is 0. The van der Waals surface area contributed by atoms with E-state index in [0.717, 1.165) is 5.56 Å². The predicted octanol–water partition coefficient (Wildman–Crippen LogP) is 4.54. The summed E-state index contributed by atoms with van der Waals surface area (Å²) in [6.45, 7) is 1.80. The van der Waals surface area contributed by atoms with Gasteiger partial charge >= 0.3 is 0 Å². The minimum atomic E-state index is -0.479. The van der Waals surface area contributed by atoms with Gasteiger partial charge in [0.2, 0.25) is 0 Å². The molecule has 0 aliphatic carbocycles. The van der Waals surface area contributed by atoms with Gasteiger partial charge in [-0.05, 0) is 30.7 Å². The standard InChI is InChI=1S/C15H9ClF2N2/c1-8-5-6-11(18)13-12(8)14(16)20-15(19-13)9-3-2-4-10(17)7-9/h2-7H,1H3. The van der Waals surface area contributed by atoms with E-state index in [0.29, 0.717) is 10.9 Å². The fourth-order valence-electron chi connectivity index (χ4n) is 2.07. The van der Waals surface area contributed by atoms with Crippen LogP contribution >= 0.6 is 11.6 Å². The summed E-state index contributed by atoms with van der Waals surface area (Å²) in [6, 6.07) is 8.74. The molecule has 20 heavy (non-hydrogen) atoms. The Hall–Kier alpha value is -2.07. The zero-order valence-corrected chi connectivity index (χ0v) is 11.2. The lowest BCUT2D eigenvalue weighted by atomic mass is 10.1. The van der Waals surface area contributed by atoms with Crippen LogP contribution in [-0.4, -0.2) is 9.97 Å². The van der Waals surface area contributed by atoms with Gasteiger partial charge in [0.25, 0.3) is 0 Å². The molecule has 1 aromatic heterocycles. The Morgan fingerprint density at radius 3 is 2.60 bits per heavy atom. The second-order valence-corrected chi connectivity index (χ2v) is 4.79. The summed E-state index contributed by atoms with van der Waals surface area (Å²) in [4.78, 5) is 8.31. The fourth-order valence-corrected chi connectivity index (χ4v) is 2.39. The summed E-state index contributed by atoms with van der Waals surface area (Å²) in [5.41, 5.74) is 1.39. The smallest absolute Gasteiger partial charge is 0.161 e. The topological polar surface area (TPSA) is 25.8 Å². The maximum atomic E-state index is 13.9. The van der Waals surface area contributed by atoms with E-state index in [1.807, 2.05) is 0 Å². The second-order valence-electron chi connectivity index (χ2n) is 4.44. The highest BCUT2D eigenvalue weighted by molar-refractivity contribution is 6.34. The molecule has 3 rings (SSSR count). The minimum Gasteiger partial charge on any atom is -0.225 e. The van der Waals surface area contributed by atoms with E-state index in [9.17, 15) is 8.78 Å². The summed E-state index contributed by atoms with van der Waals surface area (Å²) >= 11 is 6.12. The van der Waals surface area contributed by atoms with Crippen LogP contribution in [0, 0.1) is 18.6 Å². The van der Waals surface area contributed by atoms with Crippen LogP contribution in [-0.2, 0) is 0 Å². The first-order valence-electron chi connectivity index (χ1n) is 5.94. The first kappa shape index (κ1) is 12.9. The molecule has 3 aromatic rings. The number of hydrogen-bond donors (Lipinski definition) is 0. The van der Waals surface area contributed by atoms with Gasteiger partial charge < -0.3 is 0 Å². The average molecular weight is 291 g/mol. The SMILES string of the molecule is Cc1ccc(F)c2nc(-c3cccc(F)c3)nc(Cl)c12. The number of benzene rings is 2. The molecule has 0 amide bonds. The summed E-state index contributed by atoms with van der Waals surface area (Å²) < 4.78 is 27.1. The van der Waals surface area contributed by atoms with Crippen LogP contribution in [0.3, 0.4) is 0 Å². The van der Waals surface area contributed by atoms with Crippen LogP contribution in [0.15, 0.2) is 36.4 Å². The molecule has 2 nitrogen and oxygen atoms in total. The van der Waals surface area contributed by atoms with Crippen LogP contribution in [0.25, 0.3) is 22.3 Å². The first-order valence-corrected chi connectivity index (χ1v) is 6.32. The van der Waals surface area contributed by atoms with Crippen molar-refractivity contribution in [3.05, 3.63) is 58.7 Å². The van der Waals surface area contributed by atoms with Gasteiger partial charge in [0.15, 0.2) is 5.82 Å². The van der Waals surface area contributed by atoms with Crippen LogP contribution < -0.4 is 0 Å². The van der Waals surface area contributed by atoms with E-state index in [1.54, 1.807) is 25.1 Å². The van der Waals surface area contributed by atoms with Crippen molar-refractivity contribution >= 4 is 22.5 Å². The van der Waals surface area contributed by atoms with E-state index in [4.69, 9.17) is 11.6 Å². The Morgan fingerprint density at radius 1 is 1.05 bits per heavy atom. The minimum absolute atomic E-state index is 0.143. The molecule has 0 atom stereocenters. The predicted molar refractivity (Wildman–Crippen MR) is 74.6 cm³/mol. The molecule has 1 heterocycles. The van der Waals surface area contributed by atoms with Crippen molar-refractivity contribution in [1.82, 2.24) is 9.97 Å². The largest absolute Gasteiger partial charge is 0.225 e. The van der Waals surface area contributed by atoms with E-state index in [1.165, 1.54) is 18.2 Å². The Bertz CT molecular complexity index is 818. The third-order valence-electron chi connectivity index (χ3n) is 3.05. The molecule has 0 saturated heterocycles. The van der Waals surface area contributed by atoms with E-state index >= 15 is 0 Å². The van der Waals surface area contributed by atoms with Crippen molar-refractivity contribution in [2.45, 2.75) is 6.92 Å². The molecule has 0 aliphatic heterocycles. The zero-order valence-electron chi connectivity index (χ0n) is 10.5. The molecule has 0 N–H and O–H groups in total. The lowest BCUT2D eigenvalue weighted by Crippen LogP contribution is -1.96. The molecule has 2 aromatic carbocycles. The monoisotopic (exact) mass is 290 g/mol. The highest BCUT2D eigenvalue weighted by atomic mass is 35.5. The molecule has 5 heteroatoms. The maximum Gasteiger partial charge on any atom is 0.161 e. The van der Waals surface area contributed by atoms with Crippen LogP contribution in [0.4, 0.5) is 8.78 Å². The molecule has 0 aliphatic rings. The summed E-state index contributed by atoms with van der Waals surface area (Å²) in [5.74, 6) is -0.689. The second kappa shape index (κ2) is 4.80. The van der Waals surface area contributed by atoms with Gasteiger partial charge in [0, 0.05) is 10.9 Å². The molecule has 0 fully saturated rings. The molecule has 0 radical (unpaired) electrons. The van der Waals surface area contributed by atoms with E-state index in [-0.39, 0.29) is 16.5 Å². The van der Waals surface area contributed by atoms with Gasteiger partial charge in [-0.1, -0.05) is 29.8 Å². The van der Waals surface area contributed by atoms with Crippen LogP contribution in [0.2, 0.25) is 5.15 Å². The van der Waals surface area contributed by atoms with E-state index in [2.05, 4.69) is 9.97 Å². The normalized spacial score (nSPS) is 11.0. The Balaban J connectivity index is 2.32. The average Bonchev–Trinajstić information content (AvgIpc) is 2.42. The van der Waals surface area contributed by atoms with Crippen molar-refractivity contribution in [2.75, 3.05) is 0 Å². The van der Waals surface area contributed by atoms with Crippen LogP contribution in [0.5, 0.6) is 0 Å². The highest BCUT2D eigenvalue weighted by Crippen LogP contribution is 2.29. The van der Waals surface area contributed by atoms with Gasteiger partial charge in [0.05, 0.1) is 0 Å². The lowest BCUT2D eigenvalue weighted by Gasteiger charge is -2.07. The maximum absolute atomic E-state index is 13.9. The van der Waals surface area contributed by atoms with Crippen molar-refractivity contribution in [3.8, 4) is 11.4 Å². The highest BCUT2D eigenvalue weighted by Gasteiger charge is 2.13. The number of nitrogens with zero attached hydrogens (tertiary/aromatic N) is 2. The summed E-state index contributed by atoms with van der Waals surface area (Å²) in [5, 5.41) is 0.637. The molecular weight excluding hydrogens is 282 g/mol. The van der Waals surface area contributed by atoms with Crippen LogP contribution in [0.1, 0.15) is 5.56 Å². The third kappa shape index (κ3) is 2.12. The number of aryl methyl sites for hydroxylation is 1. The van der Waals surface area contributed by atoms with Crippen molar-refractivity contribution in [3.63, 3.8) is 0 Å². The molecule has 0 saturated carbocycles. The molecule has 0 bridgehead atoms. The molecule has 0 unspecified atom stereocenters. The van der Waals surface area contributed by atoms with Crippen molar-refractivity contribution in [2.24, 2.45) is 0 Å². The molecule has 100 valence electrons. The van der Waals surface area contributed by atoms with Gasteiger partial charge in [-0.15, -0.1) is 0 Å². The van der Waals surface area contributed by atoms with E-state index < -0.39 is 11.6 Å². The Morgan fingerprint density at radius 2 is 1.85 bits per heavy atom. The summed E-state index contributed by atoms with van der Waals surface area (Å²) in [7, 11) is 0. The number of halogens is 3. The number of aromatic nitrogens is 2. The van der Waals surface area contributed by atoms with Gasteiger partial charge in [-0.2, -0.15) is 0 Å². The molecule has 0 spiro atoms. The number of hydrogen-bond acceptors (Lipinski definition) is 2. The van der Waals surface area contributed by atoms with Gasteiger partial charge in [-0.3, -0.25) is 0 Å².